The van der Waals surface area contributed by atoms with Gasteiger partial charge >= 0.3 is 16.9 Å². The first-order chi connectivity index (χ1) is 47.9. The number of benzene rings is 6. The Bertz CT molecular complexity index is 5640. The van der Waals surface area contributed by atoms with Crippen molar-refractivity contribution in [2.24, 2.45) is 0 Å². The lowest BCUT2D eigenvalue weighted by atomic mass is 9.69. The molecule has 18 rings (SSSR count). The van der Waals surface area contributed by atoms with Gasteiger partial charge in [0, 0.05) is 89.2 Å². The smallest absolute Gasteiger partial charge is 0.346 e. The van der Waals surface area contributed by atoms with Crippen molar-refractivity contribution in [3.8, 4) is 31.7 Å². The Morgan fingerprint density at radius 1 is 0.412 bits per heavy atom. The average Bonchev–Trinajstić information content (AvgIpc) is 0.833. The third kappa shape index (κ3) is 11.1. The number of aryl methyl sites for hydroxylation is 1. The fourth-order valence-corrected chi connectivity index (χ4v) is 20.4. The molecule has 6 aliphatic rings. The maximum Gasteiger partial charge on any atom is 0.346 e. The van der Waals surface area contributed by atoms with E-state index in [4.69, 9.17) is 28.2 Å². The quantitative estimate of drug-likeness (QED) is 0.156. The lowest BCUT2D eigenvalue weighted by Crippen LogP contribution is -2.44. The molecule has 15 heteroatoms. The molecule has 0 bridgehead atoms. The van der Waals surface area contributed by atoms with E-state index >= 15 is 0 Å². The van der Waals surface area contributed by atoms with Crippen LogP contribution >= 0.6 is 34.0 Å². The average molecular weight is 1420 g/mol. The lowest BCUT2D eigenvalue weighted by Gasteiger charge is -2.48. The highest BCUT2D eigenvalue weighted by Gasteiger charge is 2.46. The second kappa shape index (κ2) is 23.3. The fraction of sp³-hybridized carbons (Fsp3) is 0.448. The molecule has 0 amide bonds. The maximum atomic E-state index is 13.7. The summed E-state index contributed by atoms with van der Waals surface area (Å²) in [4.78, 5) is 62.4. The van der Waals surface area contributed by atoms with E-state index in [1.165, 1.54) is 61.6 Å². The first kappa shape index (κ1) is 68.4. The minimum Gasteiger partial charge on any atom is -0.422 e. The Balaban J connectivity index is 0.000000119. The zero-order valence-electron chi connectivity index (χ0n) is 63.0. The molecular weight excluding hydrogens is 1320 g/mol. The number of thiazole rings is 3. The monoisotopic (exact) mass is 1420 g/mol. The number of anilines is 3. The molecule has 0 saturated heterocycles. The second-order valence-electron chi connectivity index (χ2n) is 36.1. The zero-order chi connectivity index (χ0) is 72.2. The molecular formula is C87H96N6O6S3. The normalized spacial score (nSPS) is 18.8. The highest BCUT2D eigenvalue weighted by molar-refractivity contribution is 7.22. The molecule has 102 heavy (non-hydrogen) atoms. The van der Waals surface area contributed by atoms with Crippen LogP contribution in [0.1, 0.15) is 213 Å². The minimum absolute atomic E-state index is 0.0221. The van der Waals surface area contributed by atoms with Gasteiger partial charge in [-0.1, -0.05) is 155 Å². The predicted octanol–water partition coefficient (Wildman–Crippen LogP) is 21.6. The van der Waals surface area contributed by atoms with Crippen LogP contribution in [0.15, 0.2) is 119 Å². The van der Waals surface area contributed by atoms with E-state index in [2.05, 4.69) is 189 Å². The van der Waals surface area contributed by atoms with Crippen LogP contribution in [0.2, 0.25) is 0 Å². The number of hydrogen-bond acceptors (Lipinski definition) is 15. The van der Waals surface area contributed by atoms with Crippen molar-refractivity contribution in [2.75, 3.05) is 54.0 Å². The van der Waals surface area contributed by atoms with E-state index in [0.717, 1.165) is 162 Å². The lowest BCUT2D eigenvalue weighted by molar-refractivity contribution is 0.398. The number of fused-ring (bicyclic) bond motifs is 9. The molecule has 6 aliphatic heterocycles. The number of para-hydroxylation sites is 2. The van der Waals surface area contributed by atoms with Crippen LogP contribution in [-0.4, -0.2) is 54.2 Å². The van der Waals surface area contributed by atoms with Gasteiger partial charge in [-0.2, -0.15) is 0 Å². The van der Waals surface area contributed by atoms with Crippen molar-refractivity contribution in [2.45, 2.75) is 213 Å². The molecule has 0 unspecified atom stereocenters. The topological polar surface area (TPSA) is 139 Å². The predicted molar refractivity (Wildman–Crippen MR) is 428 cm³/mol. The van der Waals surface area contributed by atoms with Crippen molar-refractivity contribution in [1.82, 2.24) is 15.0 Å². The van der Waals surface area contributed by atoms with Gasteiger partial charge in [0.25, 0.3) is 0 Å². The Morgan fingerprint density at radius 2 is 0.794 bits per heavy atom. The third-order valence-corrected chi connectivity index (χ3v) is 27.2. The van der Waals surface area contributed by atoms with Gasteiger partial charge in [0.05, 0.1) is 47.3 Å². The molecule has 0 N–H and O–H groups in total. The molecule has 12 aromatic rings. The van der Waals surface area contributed by atoms with Crippen LogP contribution in [0, 0.1) is 6.92 Å². The highest BCUT2D eigenvalue weighted by atomic mass is 32.1. The summed E-state index contributed by atoms with van der Waals surface area (Å²) in [5.41, 5.74) is 21.1. The Morgan fingerprint density at radius 3 is 1.24 bits per heavy atom. The van der Waals surface area contributed by atoms with E-state index in [9.17, 15) is 14.4 Å². The van der Waals surface area contributed by atoms with Crippen molar-refractivity contribution >= 4 is 115 Å². The standard InChI is InChI=1S/C34H42N2O2S.C27H28N2O2S.C26H26N2O2S/c1-31(2,3)20-17-22(32(4,5)6)26-24(18-20)39-29(35-26)21-15-19-16-23-27-25(28(19)38-30(21)37)34(9,10)12-14-36(27)13-11-33(23,7)8;1-15-16-14-17-22-21(27(4,5)11-13-29(22)12-10-26(17,2)3)23(16)31-25(30)20(15)24-28-18-8-6-7-9-19(18)32-24;1-25(2)9-11-28-12-10-26(3,4)20-21(28)17(25)14-15-13-16(24(29)30-22(15)20)23-27-18-7-5-6-8-19(18)31-23/h15-18H,11-14H2,1-10H3;6-9,14H,10-13H2,1-5H3;5-8,13-14H,9-12H2,1-4H3. The molecule has 528 valence electrons. The van der Waals surface area contributed by atoms with Crippen molar-refractivity contribution in [3.05, 3.63) is 172 Å². The van der Waals surface area contributed by atoms with Gasteiger partial charge in [-0.3, -0.25) is 0 Å². The molecule has 6 aromatic heterocycles. The molecule has 0 aliphatic carbocycles. The SMILES string of the molecule is CC(C)(C)c1cc(C(C)(C)C)c2nc(-c3cc4cc5c6c(c4oc3=O)C(C)(C)CCN6CCC5(C)C)sc2c1.CC1(C)CCN2CCC(C)(C)c3c2c1cc1cc(-c2nc4ccccc4s2)c(=O)oc31.Cc1c(-c2nc3ccccc3s2)c(=O)oc2c3c4c(cc12)C(C)(C)CCN4CCC3(C)C. The van der Waals surface area contributed by atoms with E-state index < -0.39 is 0 Å². The van der Waals surface area contributed by atoms with Gasteiger partial charge in [-0.15, -0.1) is 34.0 Å². The molecule has 0 spiro atoms. The third-order valence-electron chi connectivity index (χ3n) is 24.1. The number of aromatic nitrogens is 3. The first-order valence-corrected chi connectivity index (χ1v) is 39.2. The molecule has 6 aromatic carbocycles. The van der Waals surface area contributed by atoms with Gasteiger partial charge in [0.2, 0.25) is 0 Å². The van der Waals surface area contributed by atoms with Crippen molar-refractivity contribution < 1.29 is 13.3 Å². The van der Waals surface area contributed by atoms with Crippen LogP contribution in [0.4, 0.5) is 17.1 Å². The van der Waals surface area contributed by atoms with Crippen LogP contribution < -0.4 is 31.6 Å². The van der Waals surface area contributed by atoms with E-state index in [1.807, 2.05) is 48.5 Å². The molecule has 0 saturated carbocycles. The van der Waals surface area contributed by atoms with E-state index in [1.54, 1.807) is 34.0 Å². The van der Waals surface area contributed by atoms with Crippen LogP contribution in [0.5, 0.6) is 0 Å². The number of hydrogen-bond donors (Lipinski definition) is 0. The molecule has 12 heterocycles. The summed E-state index contributed by atoms with van der Waals surface area (Å²) in [5.74, 6) is 0. The van der Waals surface area contributed by atoms with Crippen molar-refractivity contribution in [3.63, 3.8) is 0 Å². The van der Waals surface area contributed by atoms with Gasteiger partial charge in [0.15, 0.2) is 0 Å². The van der Waals surface area contributed by atoms with Gasteiger partial charge in [0.1, 0.15) is 31.8 Å². The van der Waals surface area contributed by atoms with Crippen LogP contribution in [-0.2, 0) is 43.3 Å². The van der Waals surface area contributed by atoms with Crippen LogP contribution in [0.25, 0.3) is 95.3 Å². The summed E-state index contributed by atoms with van der Waals surface area (Å²) in [6.45, 7) is 49.6. The first-order valence-electron chi connectivity index (χ1n) is 36.8. The van der Waals surface area contributed by atoms with E-state index in [-0.39, 0.29) is 60.2 Å². The zero-order valence-corrected chi connectivity index (χ0v) is 65.5. The van der Waals surface area contributed by atoms with Crippen LogP contribution in [0.3, 0.4) is 0 Å². The fourth-order valence-electron chi connectivity index (χ4n) is 17.3. The Kier molecular flexibility index (Phi) is 15.6. The van der Waals surface area contributed by atoms with Crippen molar-refractivity contribution in [1.29, 1.82) is 0 Å². The molecule has 12 nitrogen and oxygen atoms in total. The van der Waals surface area contributed by atoms with Gasteiger partial charge < -0.3 is 28.0 Å². The molecule has 0 fully saturated rings. The largest absolute Gasteiger partial charge is 0.422 e. The van der Waals surface area contributed by atoms with E-state index in [0.29, 0.717) is 16.7 Å². The molecule has 0 radical (unpaired) electrons. The summed E-state index contributed by atoms with van der Waals surface area (Å²) in [6, 6.07) is 31.5. The number of nitrogens with zero attached hydrogens (tertiary/aromatic N) is 6. The maximum absolute atomic E-state index is 13.7. The summed E-state index contributed by atoms with van der Waals surface area (Å²) >= 11 is 4.71. The minimum atomic E-state index is -0.300. The summed E-state index contributed by atoms with van der Waals surface area (Å²) in [7, 11) is 0. The highest BCUT2D eigenvalue weighted by Crippen LogP contribution is 2.56. The Hall–Kier alpha value is -7.98. The van der Waals surface area contributed by atoms with Gasteiger partial charge in [-0.05, 0) is 183 Å². The second-order valence-corrected chi connectivity index (χ2v) is 39.2. The summed E-state index contributed by atoms with van der Waals surface area (Å²) < 4.78 is 21.8. The summed E-state index contributed by atoms with van der Waals surface area (Å²) in [5, 5.41) is 5.27. The molecule has 0 atom stereocenters. The Labute approximate surface area is 610 Å². The number of rotatable bonds is 3. The van der Waals surface area contributed by atoms with Gasteiger partial charge in [-0.25, -0.2) is 29.3 Å². The summed E-state index contributed by atoms with van der Waals surface area (Å²) in [6.07, 6.45) is 6.55.